The van der Waals surface area contributed by atoms with E-state index in [1.165, 1.54) is 24.3 Å². The third-order valence-corrected chi connectivity index (χ3v) is 5.51. The van der Waals surface area contributed by atoms with Gasteiger partial charge in [-0.1, -0.05) is 18.2 Å². The Balaban J connectivity index is 1.59. The Labute approximate surface area is 194 Å². The zero-order valence-electron chi connectivity index (χ0n) is 17.2. The predicted molar refractivity (Wildman–Crippen MR) is 113 cm³/mol. The summed E-state index contributed by atoms with van der Waals surface area (Å²) in [6, 6.07) is 9.55. The van der Waals surface area contributed by atoms with Crippen LogP contribution >= 0.6 is 11.8 Å². The van der Waals surface area contributed by atoms with Gasteiger partial charge in [-0.3, -0.25) is 4.79 Å². The molecule has 3 rings (SSSR count). The van der Waals surface area contributed by atoms with Crippen LogP contribution in [0.15, 0.2) is 71.2 Å². The fraction of sp³-hybridized carbons (Fsp3) is 0.217. The SMILES string of the molecule is N#Cc1ccc(C(F)(F)F)c(OCC2=CC=CC2CNC(=O)c2ccc(SC(F)(F)F)cc2)c1. The molecule has 1 amide bonds. The summed E-state index contributed by atoms with van der Waals surface area (Å²) in [5.41, 5.74) is -4.65. The van der Waals surface area contributed by atoms with Crippen molar-refractivity contribution < 1.29 is 35.9 Å². The van der Waals surface area contributed by atoms with Gasteiger partial charge in [-0.15, -0.1) is 0 Å². The van der Waals surface area contributed by atoms with Crippen LogP contribution < -0.4 is 10.1 Å². The molecular formula is C23H16F6N2O2S. The van der Waals surface area contributed by atoms with E-state index in [9.17, 15) is 31.1 Å². The second-order valence-electron chi connectivity index (χ2n) is 7.12. The summed E-state index contributed by atoms with van der Waals surface area (Å²) in [6.07, 6.45) is 0.405. The van der Waals surface area contributed by atoms with Crippen molar-refractivity contribution in [1.29, 1.82) is 5.26 Å². The third kappa shape index (κ3) is 6.81. The first-order valence-electron chi connectivity index (χ1n) is 9.71. The lowest BCUT2D eigenvalue weighted by molar-refractivity contribution is -0.138. The highest BCUT2D eigenvalue weighted by molar-refractivity contribution is 8.00. The molecule has 0 aromatic heterocycles. The minimum Gasteiger partial charge on any atom is -0.489 e. The van der Waals surface area contributed by atoms with Crippen LogP contribution in [0.4, 0.5) is 26.3 Å². The molecule has 0 saturated carbocycles. The van der Waals surface area contributed by atoms with Gasteiger partial charge in [0.1, 0.15) is 12.4 Å². The Morgan fingerprint density at radius 2 is 1.79 bits per heavy atom. The topological polar surface area (TPSA) is 62.1 Å². The summed E-state index contributed by atoms with van der Waals surface area (Å²) in [5.74, 6) is -1.33. The smallest absolute Gasteiger partial charge is 0.446 e. The van der Waals surface area contributed by atoms with Crippen molar-refractivity contribution in [3.05, 3.63) is 83.0 Å². The predicted octanol–water partition coefficient (Wildman–Crippen LogP) is 6.11. The van der Waals surface area contributed by atoms with Crippen LogP contribution in [0.2, 0.25) is 0 Å². The third-order valence-electron chi connectivity index (χ3n) is 4.77. The molecule has 2 aromatic carbocycles. The second-order valence-corrected chi connectivity index (χ2v) is 8.26. The van der Waals surface area contributed by atoms with Gasteiger partial charge >= 0.3 is 11.7 Å². The molecule has 0 radical (unpaired) electrons. The highest BCUT2D eigenvalue weighted by Crippen LogP contribution is 2.38. The Hall–Kier alpha value is -3.39. The number of benzene rings is 2. The van der Waals surface area contributed by atoms with E-state index in [4.69, 9.17) is 10.00 Å². The average Bonchev–Trinajstić information content (AvgIpc) is 3.22. The number of carbonyl (C=O) groups excluding carboxylic acids is 1. The van der Waals surface area contributed by atoms with Gasteiger partial charge in [-0.05, 0) is 59.8 Å². The van der Waals surface area contributed by atoms with Crippen LogP contribution in [-0.2, 0) is 6.18 Å². The van der Waals surface area contributed by atoms with Crippen molar-refractivity contribution in [2.24, 2.45) is 5.92 Å². The van der Waals surface area contributed by atoms with E-state index >= 15 is 0 Å². The Morgan fingerprint density at radius 3 is 2.41 bits per heavy atom. The number of nitrogens with one attached hydrogen (secondary N) is 1. The molecule has 1 N–H and O–H groups in total. The molecule has 1 unspecified atom stereocenters. The Bertz CT molecular complexity index is 1150. The molecule has 1 aliphatic carbocycles. The first-order chi connectivity index (χ1) is 16.0. The van der Waals surface area contributed by atoms with E-state index in [1.54, 1.807) is 24.3 Å². The zero-order valence-corrected chi connectivity index (χ0v) is 18.0. The summed E-state index contributed by atoms with van der Waals surface area (Å²) in [6.45, 7) is -0.0944. The molecule has 11 heteroatoms. The van der Waals surface area contributed by atoms with Crippen molar-refractivity contribution in [1.82, 2.24) is 5.32 Å². The lowest BCUT2D eigenvalue weighted by atomic mass is 10.0. The molecule has 34 heavy (non-hydrogen) atoms. The number of rotatable bonds is 7. The lowest BCUT2D eigenvalue weighted by Crippen LogP contribution is -2.29. The molecule has 0 spiro atoms. The summed E-state index contributed by atoms with van der Waals surface area (Å²) in [5, 5.41) is 11.6. The van der Waals surface area contributed by atoms with Crippen molar-refractivity contribution in [2.45, 2.75) is 16.6 Å². The molecule has 1 atom stereocenters. The molecule has 178 valence electrons. The van der Waals surface area contributed by atoms with Gasteiger partial charge in [-0.25, -0.2) is 0 Å². The van der Waals surface area contributed by atoms with Gasteiger partial charge in [0.05, 0.1) is 17.2 Å². The van der Waals surface area contributed by atoms with Crippen LogP contribution in [0.25, 0.3) is 0 Å². The number of halogens is 6. The van der Waals surface area contributed by atoms with E-state index in [1.807, 2.05) is 0 Å². The molecule has 0 aliphatic heterocycles. The summed E-state index contributed by atoms with van der Waals surface area (Å²) in [4.78, 5) is 12.3. The number of hydrogen-bond acceptors (Lipinski definition) is 4. The minimum atomic E-state index is -4.66. The Kier molecular flexibility index (Phi) is 7.61. The quantitative estimate of drug-likeness (QED) is 0.370. The van der Waals surface area contributed by atoms with E-state index in [2.05, 4.69) is 5.32 Å². The van der Waals surface area contributed by atoms with Crippen LogP contribution in [0.5, 0.6) is 5.75 Å². The lowest BCUT2D eigenvalue weighted by Gasteiger charge is -2.18. The highest BCUT2D eigenvalue weighted by atomic mass is 32.2. The number of nitrogens with zero attached hydrogens (tertiary/aromatic N) is 1. The minimum absolute atomic E-state index is 0.0185. The molecule has 2 aromatic rings. The first kappa shape index (κ1) is 25.2. The highest BCUT2D eigenvalue weighted by Gasteiger charge is 2.34. The van der Waals surface area contributed by atoms with Gasteiger partial charge in [0.15, 0.2) is 0 Å². The maximum atomic E-state index is 13.2. The number of ether oxygens (including phenoxy) is 1. The maximum Gasteiger partial charge on any atom is 0.446 e. The van der Waals surface area contributed by atoms with Crippen LogP contribution in [0.1, 0.15) is 21.5 Å². The Morgan fingerprint density at radius 1 is 1.09 bits per heavy atom. The number of nitriles is 1. The van der Waals surface area contributed by atoms with Gasteiger partial charge < -0.3 is 10.1 Å². The largest absolute Gasteiger partial charge is 0.489 e. The second kappa shape index (κ2) is 10.3. The van der Waals surface area contributed by atoms with E-state index in [0.29, 0.717) is 5.57 Å². The van der Waals surface area contributed by atoms with Crippen molar-refractivity contribution in [3.8, 4) is 11.8 Å². The van der Waals surface area contributed by atoms with E-state index < -0.39 is 28.9 Å². The normalized spacial score (nSPS) is 15.6. The standard InChI is InChI=1S/C23H16F6N2O2S/c24-22(25,26)19-9-4-14(11-30)10-20(19)33-13-17-3-1-2-16(17)12-31-21(32)15-5-7-18(8-6-15)34-23(27,28)29/h1-10,16H,12-13H2,(H,31,32). The molecular weight excluding hydrogens is 482 g/mol. The monoisotopic (exact) mass is 498 g/mol. The fourth-order valence-corrected chi connectivity index (χ4v) is 3.67. The zero-order chi connectivity index (χ0) is 24.9. The molecule has 0 fully saturated rings. The van der Waals surface area contributed by atoms with Crippen molar-refractivity contribution in [3.63, 3.8) is 0 Å². The maximum absolute atomic E-state index is 13.2. The van der Waals surface area contributed by atoms with Gasteiger partial charge in [0, 0.05) is 22.9 Å². The molecule has 1 aliphatic rings. The summed E-state index contributed by atoms with van der Waals surface area (Å²) >= 11 is -0.287. The summed E-state index contributed by atoms with van der Waals surface area (Å²) in [7, 11) is 0. The van der Waals surface area contributed by atoms with Crippen molar-refractivity contribution >= 4 is 17.7 Å². The number of thioether (sulfide) groups is 1. The number of carbonyl (C=O) groups is 1. The van der Waals surface area contributed by atoms with Gasteiger partial charge in [0.2, 0.25) is 0 Å². The van der Waals surface area contributed by atoms with E-state index in [0.717, 1.165) is 18.2 Å². The summed E-state index contributed by atoms with van der Waals surface area (Å²) < 4.78 is 82.3. The number of amides is 1. The molecule has 0 saturated heterocycles. The van der Waals surface area contributed by atoms with Crippen LogP contribution in [0, 0.1) is 17.2 Å². The number of allylic oxidation sites excluding steroid dienone is 2. The molecule has 4 nitrogen and oxygen atoms in total. The van der Waals surface area contributed by atoms with Crippen molar-refractivity contribution in [2.75, 3.05) is 13.2 Å². The fourth-order valence-electron chi connectivity index (χ4n) is 3.13. The number of alkyl halides is 6. The first-order valence-corrected chi connectivity index (χ1v) is 10.5. The average molecular weight is 498 g/mol. The molecule has 0 bridgehead atoms. The van der Waals surface area contributed by atoms with E-state index in [-0.39, 0.29) is 46.9 Å². The number of hydrogen-bond donors (Lipinski definition) is 1. The van der Waals surface area contributed by atoms with Gasteiger partial charge in [0.25, 0.3) is 5.91 Å². The van der Waals surface area contributed by atoms with Crippen LogP contribution in [-0.4, -0.2) is 24.6 Å². The van der Waals surface area contributed by atoms with Gasteiger partial charge in [-0.2, -0.15) is 31.6 Å². The molecule has 0 heterocycles. The van der Waals surface area contributed by atoms with Crippen LogP contribution in [0.3, 0.4) is 0 Å².